The number of piperazine rings is 1. The van der Waals surface area contributed by atoms with Gasteiger partial charge < -0.3 is 53.8 Å². The van der Waals surface area contributed by atoms with Gasteiger partial charge in [0.05, 0.1) is 79.0 Å². The molecule has 0 atom stereocenters. The standard InChI is InChI=1S/C26H37N3O6.C2H2O4/c1-31-22-9-6-5-8-21(22)29-15-13-28(14-16-29)12-11-27-10-7-17-35-26(30)20-18-23(32-2)25(34-4)24(19-20)33-3;3-1(4)2(5)6/h5-6,8-9,18-19,27H,7,10-17H2,1-4H3;(H,3,4)(H,5,6). The minimum absolute atomic E-state index is 0.340. The molecule has 0 bridgehead atoms. The number of nitrogens with zero attached hydrogens (tertiary/aromatic N) is 1. The Labute approximate surface area is 239 Å². The van der Waals surface area contributed by atoms with Gasteiger partial charge in [-0.3, -0.25) is 0 Å². The Hall–Kier alpha value is -4.23. The van der Waals surface area contributed by atoms with Crippen molar-refractivity contribution in [2.75, 3.05) is 85.8 Å². The monoisotopic (exact) mass is 577 g/mol. The van der Waals surface area contributed by atoms with Gasteiger partial charge in [-0.15, -0.1) is 0 Å². The van der Waals surface area contributed by atoms with Gasteiger partial charge in [-0.05, 0) is 37.2 Å². The molecule has 0 spiro atoms. The van der Waals surface area contributed by atoms with Crippen LogP contribution in [-0.4, -0.2) is 104 Å². The molecule has 0 amide bonds. The Morgan fingerprint density at radius 3 is 2.05 bits per heavy atom. The Balaban J connectivity index is 0.000000883. The zero-order valence-electron chi connectivity index (χ0n) is 23.9. The summed E-state index contributed by atoms with van der Waals surface area (Å²) in [6, 6.07) is 11.4. The van der Waals surface area contributed by atoms with Crippen LogP contribution in [0, 0.1) is 0 Å². The lowest BCUT2D eigenvalue weighted by Gasteiger charge is -2.34. The summed E-state index contributed by atoms with van der Waals surface area (Å²) in [5.41, 5.74) is 1.54. The molecule has 3 N–H and O–H groups in total. The Morgan fingerprint density at radius 2 is 1.51 bits per heavy atom. The van der Waals surface area contributed by atoms with Crippen LogP contribution in [0.25, 0.3) is 0 Å². The number of para-hydroxylation sites is 2. The van der Waals surface area contributed by atoms with E-state index in [-0.39, 0.29) is 0 Å². The van der Waals surface area contributed by atoms with Gasteiger partial charge >= 0.3 is 11.9 Å². The second-order valence-corrected chi connectivity index (χ2v) is 8.90. The van der Waals surface area contributed by atoms with Crippen LogP contribution in [0.4, 0.5) is 5.69 Å². The van der Waals surface area contributed by atoms with Crippen molar-refractivity contribution in [2.45, 2.75) is 6.42 Å². The third kappa shape index (κ3) is 10.4. The summed E-state index contributed by atoms with van der Waals surface area (Å²) in [5.74, 6) is -2.20. The first-order chi connectivity index (χ1) is 19.7. The maximum atomic E-state index is 12.4. The van der Waals surface area contributed by atoms with Gasteiger partial charge in [-0.1, -0.05) is 12.1 Å². The molecule has 1 fully saturated rings. The molecule has 0 radical (unpaired) electrons. The average molecular weight is 578 g/mol. The number of carboxylic acids is 2. The summed E-state index contributed by atoms with van der Waals surface area (Å²) >= 11 is 0. The van der Waals surface area contributed by atoms with Crippen LogP contribution in [0.2, 0.25) is 0 Å². The average Bonchev–Trinajstić information content (AvgIpc) is 3.00. The Morgan fingerprint density at radius 1 is 0.927 bits per heavy atom. The third-order valence-electron chi connectivity index (χ3n) is 6.36. The van der Waals surface area contributed by atoms with E-state index in [1.807, 2.05) is 12.1 Å². The number of hydrogen-bond acceptors (Lipinski definition) is 11. The predicted octanol–water partition coefficient (Wildman–Crippen LogP) is -0.916. The molecule has 226 valence electrons. The van der Waals surface area contributed by atoms with Crippen LogP contribution < -0.4 is 39.2 Å². The number of quaternary nitrogens is 1. The second kappa shape index (κ2) is 17.5. The zero-order valence-corrected chi connectivity index (χ0v) is 23.9. The lowest BCUT2D eigenvalue weighted by atomic mass is 10.2. The number of carboxylic acid groups (broad SMARTS) is 2. The molecule has 0 unspecified atom stereocenters. The summed E-state index contributed by atoms with van der Waals surface area (Å²) in [6.45, 7) is 7.39. The predicted molar refractivity (Wildman–Crippen MR) is 147 cm³/mol. The van der Waals surface area contributed by atoms with Crippen LogP contribution in [0.3, 0.4) is 0 Å². The van der Waals surface area contributed by atoms with Crippen molar-refractivity contribution in [3.63, 3.8) is 0 Å². The number of hydrogen-bond donors (Lipinski definition) is 3. The number of carbonyl (C=O) groups is 3. The van der Waals surface area contributed by atoms with Gasteiger partial charge in [-0.25, -0.2) is 9.59 Å². The van der Waals surface area contributed by atoms with Crippen molar-refractivity contribution < 1.29 is 53.2 Å². The maximum absolute atomic E-state index is 12.4. The van der Waals surface area contributed by atoms with E-state index in [0.29, 0.717) is 29.4 Å². The first kappa shape index (κ1) is 33.0. The quantitative estimate of drug-likeness (QED) is 0.153. The van der Waals surface area contributed by atoms with Gasteiger partial charge in [0.2, 0.25) is 5.75 Å². The van der Waals surface area contributed by atoms with Crippen molar-refractivity contribution in [3.8, 4) is 23.0 Å². The lowest BCUT2D eigenvalue weighted by molar-refractivity contribution is -0.899. The minimum Gasteiger partial charge on any atom is -0.539 e. The summed E-state index contributed by atoms with van der Waals surface area (Å²) in [4.78, 5) is 34.5. The van der Waals surface area contributed by atoms with Gasteiger partial charge in [0.1, 0.15) is 5.75 Å². The molecule has 1 aliphatic rings. The van der Waals surface area contributed by atoms with E-state index in [0.717, 1.165) is 58.0 Å². The Bertz CT molecular complexity index is 1100. The van der Waals surface area contributed by atoms with E-state index in [9.17, 15) is 4.79 Å². The zero-order chi connectivity index (χ0) is 30.2. The molecular weight excluding hydrogens is 538 g/mol. The highest BCUT2D eigenvalue weighted by molar-refractivity contribution is 6.26. The largest absolute Gasteiger partial charge is 0.539 e. The van der Waals surface area contributed by atoms with Crippen molar-refractivity contribution in [2.24, 2.45) is 0 Å². The van der Waals surface area contributed by atoms with Crippen LogP contribution in [0.15, 0.2) is 36.4 Å². The molecule has 0 saturated carbocycles. The van der Waals surface area contributed by atoms with Crippen LogP contribution in [0.5, 0.6) is 23.0 Å². The number of esters is 1. The van der Waals surface area contributed by atoms with Gasteiger partial charge in [0, 0.05) is 6.54 Å². The summed E-state index contributed by atoms with van der Waals surface area (Å²) in [5, 5.41) is 19.8. The smallest absolute Gasteiger partial charge is 0.351 e. The highest BCUT2D eigenvalue weighted by atomic mass is 16.5. The number of aliphatic carboxylic acids is 2. The molecule has 13 heteroatoms. The van der Waals surface area contributed by atoms with Crippen molar-refractivity contribution in [3.05, 3.63) is 42.0 Å². The highest BCUT2D eigenvalue weighted by Crippen LogP contribution is 2.38. The number of anilines is 1. The van der Waals surface area contributed by atoms with Gasteiger partial charge in [0.25, 0.3) is 0 Å². The first-order valence-corrected chi connectivity index (χ1v) is 13.1. The molecule has 1 heterocycles. The second-order valence-electron chi connectivity index (χ2n) is 8.90. The van der Waals surface area contributed by atoms with E-state index in [1.165, 1.54) is 27.0 Å². The van der Waals surface area contributed by atoms with E-state index in [1.54, 1.807) is 24.1 Å². The number of carbonyl (C=O) groups excluding carboxylic acids is 2. The van der Waals surface area contributed by atoms with Crippen molar-refractivity contribution in [1.29, 1.82) is 0 Å². The lowest BCUT2D eigenvalue weighted by Crippen LogP contribution is -3.15. The molecule has 2 aromatic rings. The molecule has 0 aromatic heterocycles. The summed E-state index contributed by atoms with van der Waals surface area (Å²) < 4.78 is 26.8. The molecule has 1 saturated heterocycles. The highest BCUT2D eigenvalue weighted by Gasteiger charge is 2.22. The normalized spacial score (nSPS) is 12.9. The number of methoxy groups -OCH3 is 4. The molecule has 2 aromatic carbocycles. The fraction of sp³-hybridized carbons (Fsp3) is 0.464. The fourth-order valence-corrected chi connectivity index (χ4v) is 4.24. The van der Waals surface area contributed by atoms with Gasteiger partial charge in [-0.2, -0.15) is 0 Å². The van der Waals surface area contributed by atoms with E-state index < -0.39 is 17.9 Å². The number of benzene rings is 2. The fourth-order valence-electron chi connectivity index (χ4n) is 4.24. The van der Waals surface area contributed by atoms with E-state index >= 15 is 0 Å². The maximum Gasteiger partial charge on any atom is 0.351 e. The van der Waals surface area contributed by atoms with Crippen molar-refractivity contribution in [1.82, 2.24) is 5.32 Å². The molecule has 3 rings (SSSR count). The molecular formula is C28H39N3O10. The van der Waals surface area contributed by atoms with Gasteiger partial charge in [0.15, 0.2) is 17.5 Å². The van der Waals surface area contributed by atoms with Crippen LogP contribution >= 0.6 is 0 Å². The molecule has 13 nitrogen and oxygen atoms in total. The van der Waals surface area contributed by atoms with Crippen LogP contribution in [-0.2, 0) is 14.3 Å². The SMILES string of the molecule is COc1ccccc1N1CC[NH+](CCNCCCOC(=O)c2cc(OC)c(OC)c(OC)c2)CC1.O=C([O-])C(=O)O. The number of rotatable bonds is 13. The minimum atomic E-state index is -2.07. The molecule has 41 heavy (non-hydrogen) atoms. The topological polar surface area (TPSA) is 160 Å². The molecule has 0 aliphatic carbocycles. The van der Waals surface area contributed by atoms with E-state index in [4.69, 9.17) is 43.5 Å². The summed E-state index contributed by atoms with van der Waals surface area (Å²) in [6.07, 6.45) is 0.743. The number of ether oxygens (including phenoxy) is 5. The summed E-state index contributed by atoms with van der Waals surface area (Å²) in [7, 11) is 6.27. The number of nitrogens with one attached hydrogen (secondary N) is 2. The van der Waals surface area contributed by atoms with E-state index in [2.05, 4.69) is 22.3 Å². The third-order valence-corrected chi connectivity index (χ3v) is 6.36. The van der Waals surface area contributed by atoms with Crippen molar-refractivity contribution >= 4 is 23.6 Å². The van der Waals surface area contributed by atoms with Crippen LogP contribution in [0.1, 0.15) is 16.8 Å². The Kier molecular flexibility index (Phi) is 14.0. The first-order valence-electron chi connectivity index (χ1n) is 13.1. The molecule has 1 aliphatic heterocycles.